The number of rotatable bonds is 5. The van der Waals surface area contributed by atoms with Crippen molar-refractivity contribution in [2.24, 2.45) is 0 Å². The lowest BCUT2D eigenvalue weighted by Gasteiger charge is -2.16. The molecule has 0 aliphatic heterocycles. The average Bonchev–Trinajstić information content (AvgIpc) is 2.91. The van der Waals surface area contributed by atoms with Gasteiger partial charge in [-0.25, -0.2) is 0 Å². The van der Waals surface area contributed by atoms with E-state index in [1.807, 2.05) is 12.1 Å². The van der Waals surface area contributed by atoms with Crippen LogP contribution in [0.15, 0.2) is 21.2 Å². The van der Waals surface area contributed by atoms with Gasteiger partial charge in [-0.1, -0.05) is 12.8 Å². The summed E-state index contributed by atoms with van der Waals surface area (Å²) in [6, 6.07) is 4.42. The summed E-state index contributed by atoms with van der Waals surface area (Å²) in [5.41, 5.74) is 0. The first-order valence-corrected chi connectivity index (χ1v) is 6.68. The van der Waals surface area contributed by atoms with Crippen molar-refractivity contribution < 1.29 is 9.52 Å². The van der Waals surface area contributed by atoms with Gasteiger partial charge in [-0.15, -0.1) is 0 Å². The van der Waals surface area contributed by atoms with Crippen LogP contribution in [0.5, 0.6) is 0 Å². The van der Waals surface area contributed by atoms with Crippen molar-refractivity contribution in [2.75, 3.05) is 13.2 Å². The molecule has 1 aromatic rings. The van der Waals surface area contributed by atoms with Crippen LogP contribution in [0.4, 0.5) is 0 Å². The van der Waals surface area contributed by atoms with Gasteiger partial charge in [-0.05, 0) is 40.9 Å². The second-order valence-corrected chi connectivity index (χ2v) is 5.19. The molecule has 16 heavy (non-hydrogen) atoms. The van der Waals surface area contributed by atoms with Gasteiger partial charge in [0.25, 0.3) is 0 Å². The zero-order valence-electron chi connectivity index (χ0n) is 9.29. The number of nitrogens with one attached hydrogen (secondary N) is 1. The quantitative estimate of drug-likeness (QED) is 0.875. The van der Waals surface area contributed by atoms with E-state index in [1.165, 1.54) is 25.7 Å². The third kappa shape index (κ3) is 3.09. The van der Waals surface area contributed by atoms with Crippen LogP contribution in [0.25, 0.3) is 0 Å². The maximum atomic E-state index is 9.35. The highest BCUT2D eigenvalue weighted by Crippen LogP contribution is 2.23. The minimum absolute atomic E-state index is 0.0619. The Labute approximate surface area is 104 Å². The molecule has 4 heteroatoms. The first-order chi connectivity index (χ1) is 7.79. The topological polar surface area (TPSA) is 45.4 Å². The zero-order chi connectivity index (χ0) is 11.4. The highest BCUT2D eigenvalue weighted by molar-refractivity contribution is 9.10. The fourth-order valence-electron chi connectivity index (χ4n) is 2.24. The largest absolute Gasteiger partial charge is 0.454 e. The molecule has 1 aliphatic rings. The van der Waals surface area contributed by atoms with Crippen molar-refractivity contribution in [1.82, 2.24) is 5.32 Å². The van der Waals surface area contributed by atoms with Crippen molar-refractivity contribution in [1.29, 1.82) is 0 Å². The highest BCUT2D eigenvalue weighted by atomic mass is 79.9. The van der Waals surface area contributed by atoms with Crippen LogP contribution in [0.2, 0.25) is 0 Å². The Morgan fingerprint density at radius 3 is 2.75 bits per heavy atom. The number of furan rings is 1. The molecule has 0 bridgehead atoms. The molecular formula is C12H18BrNO2. The smallest absolute Gasteiger partial charge is 0.169 e. The monoisotopic (exact) mass is 287 g/mol. The molecule has 1 saturated carbocycles. The van der Waals surface area contributed by atoms with Gasteiger partial charge in [0.2, 0.25) is 0 Å². The van der Waals surface area contributed by atoms with Gasteiger partial charge in [0.1, 0.15) is 5.76 Å². The van der Waals surface area contributed by atoms with Gasteiger partial charge in [-0.2, -0.15) is 0 Å². The van der Waals surface area contributed by atoms with Crippen LogP contribution in [-0.2, 0) is 0 Å². The summed E-state index contributed by atoms with van der Waals surface area (Å²) in [5, 5.41) is 12.9. The summed E-state index contributed by atoms with van der Waals surface area (Å²) in [6.07, 6.45) is 5.18. The number of hydrogen-bond acceptors (Lipinski definition) is 3. The average molecular weight is 288 g/mol. The van der Waals surface area contributed by atoms with Gasteiger partial charge >= 0.3 is 0 Å². The van der Waals surface area contributed by atoms with Crippen LogP contribution in [0.1, 0.15) is 37.4 Å². The Hall–Kier alpha value is -0.320. The third-order valence-corrected chi connectivity index (χ3v) is 3.65. The van der Waals surface area contributed by atoms with Crippen molar-refractivity contribution in [3.8, 4) is 0 Å². The van der Waals surface area contributed by atoms with E-state index in [1.54, 1.807) is 0 Å². The van der Waals surface area contributed by atoms with E-state index in [9.17, 15) is 5.11 Å². The molecule has 1 aromatic heterocycles. The van der Waals surface area contributed by atoms with E-state index in [0.29, 0.717) is 6.04 Å². The van der Waals surface area contributed by atoms with E-state index in [2.05, 4.69) is 21.2 Å². The second-order valence-electron chi connectivity index (χ2n) is 4.41. The summed E-state index contributed by atoms with van der Waals surface area (Å²) in [4.78, 5) is 0. The maximum absolute atomic E-state index is 9.35. The van der Waals surface area contributed by atoms with E-state index in [0.717, 1.165) is 17.0 Å². The van der Waals surface area contributed by atoms with Crippen molar-refractivity contribution >= 4 is 15.9 Å². The lowest BCUT2D eigenvalue weighted by Crippen LogP contribution is -2.31. The van der Waals surface area contributed by atoms with Crippen LogP contribution in [-0.4, -0.2) is 24.3 Å². The first kappa shape index (κ1) is 12.1. The van der Waals surface area contributed by atoms with Gasteiger partial charge in [0, 0.05) is 12.6 Å². The predicted octanol–water partition coefficient (Wildman–Crippen LogP) is 2.65. The normalized spacial score (nSPS) is 19.1. The first-order valence-electron chi connectivity index (χ1n) is 5.89. The van der Waals surface area contributed by atoms with E-state index >= 15 is 0 Å². The molecule has 1 unspecified atom stereocenters. The maximum Gasteiger partial charge on any atom is 0.169 e. The van der Waals surface area contributed by atoms with Crippen LogP contribution < -0.4 is 5.32 Å². The molecule has 0 radical (unpaired) electrons. The van der Waals surface area contributed by atoms with Gasteiger partial charge in [0.15, 0.2) is 4.67 Å². The van der Waals surface area contributed by atoms with Crippen molar-refractivity contribution in [3.63, 3.8) is 0 Å². The van der Waals surface area contributed by atoms with E-state index in [-0.39, 0.29) is 12.5 Å². The van der Waals surface area contributed by atoms with Gasteiger partial charge < -0.3 is 14.8 Å². The molecular weight excluding hydrogens is 270 g/mol. The second kappa shape index (κ2) is 5.84. The predicted molar refractivity (Wildman–Crippen MR) is 66.5 cm³/mol. The Balaban J connectivity index is 1.85. The van der Waals surface area contributed by atoms with Crippen LogP contribution in [0.3, 0.4) is 0 Å². The lowest BCUT2D eigenvalue weighted by molar-refractivity contribution is 0.240. The van der Waals surface area contributed by atoms with Crippen molar-refractivity contribution in [3.05, 3.63) is 22.6 Å². The van der Waals surface area contributed by atoms with E-state index < -0.39 is 0 Å². The molecule has 1 atom stereocenters. The molecule has 0 aromatic carbocycles. The fraction of sp³-hybridized carbons (Fsp3) is 0.667. The summed E-state index contributed by atoms with van der Waals surface area (Å²) in [6.45, 7) is 0.917. The summed E-state index contributed by atoms with van der Waals surface area (Å²) in [5.74, 6) is 0.909. The molecule has 1 fully saturated rings. The third-order valence-electron chi connectivity index (χ3n) is 3.22. The summed E-state index contributed by atoms with van der Waals surface area (Å²) >= 11 is 3.28. The van der Waals surface area contributed by atoms with Gasteiger partial charge in [0.05, 0.1) is 12.5 Å². The molecule has 1 heterocycles. The standard InChI is InChI=1S/C12H18BrNO2/c13-12-6-5-11(16-12)9(8-15)7-14-10-3-1-2-4-10/h5-6,9-10,14-15H,1-4,7-8H2. The minimum atomic E-state index is 0.0619. The Bertz CT molecular complexity index is 321. The zero-order valence-corrected chi connectivity index (χ0v) is 10.9. The molecule has 90 valence electrons. The van der Waals surface area contributed by atoms with Crippen molar-refractivity contribution in [2.45, 2.75) is 37.6 Å². The highest BCUT2D eigenvalue weighted by Gasteiger charge is 2.19. The lowest BCUT2D eigenvalue weighted by atomic mass is 10.1. The molecule has 2 rings (SSSR count). The SMILES string of the molecule is OCC(CNC1CCCC1)c1ccc(Br)o1. The molecule has 0 spiro atoms. The van der Waals surface area contributed by atoms with Gasteiger partial charge in [-0.3, -0.25) is 0 Å². The van der Waals surface area contributed by atoms with E-state index in [4.69, 9.17) is 4.42 Å². The number of aliphatic hydroxyl groups is 1. The van der Waals surface area contributed by atoms with Crippen LogP contribution >= 0.6 is 15.9 Å². The minimum Gasteiger partial charge on any atom is -0.454 e. The Kier molecular flexibility index (Phi) is 4.44. The molecule has 3 nitrogen and oxygen atoms in total. The summed E-state index contributed by atoms with van der Waals surface area (Å²) < 4.78 is 6.19. The molecule has 2 N–H and O–H groups in total. The molecule has 0 amide bonds. The fourth-order valence-corrected chi connectivity index (χ4v) is 2.56. The number of aliphatic hydroxyl groups excluding tert-OH is 1. The summed E-state index contributed by atoms with van der Waals surface area (Å²) in [7, 11) is 0. The Morgan fingerprint density at radius 2 is 2.19 bits per heavy atom. The molecule has 1 aliphatic carbocycles. The Morgan fingerprint density at radius 1 is 1.44 bits per heavy atom. The molecule has 0 saturated heterocycles. The number of hydrogen-bond donors (Lipinski definition) is 2. The van der Waals surface area contributed by atoms with Crippen LogP contribution in [0, 0.1) is 0 Å². The number of halogens is 1.